The molecule has 0 unspecified atom stereocenters. The topological polar surface area (TPSA) is 101 Å². The molecule has 35 heavy (non-hydrogen) atoms. The van der Waals surface area contributed by atoms with Crippen LogP contribution in [0, 0.1) is 0 Å². The van der Waals surface area contributed by atoms with Gasteiger partial charge in [-0.2, -0.15) is 0 Å². The van der Waals surface area contributed by atoms with Crippen molar-refractivity contribution in [2.24, 2.45) is 5.73 Å². The van der Waals surface area contributed by atoms with E-state index in [1.165, 1.54) is 16.3 Å². The lowest BCUT2D eigenvalue weighted by Crippen LogP contribution is -2.30. The summed E-state index contributed by atoms with van der Waals surface area (Å²) in [4.78, 5) is 35.3. The van der Waals surface area contributed by atoms with E-state index in [4.69, 9.17) is 5.73 Å². The summed E-state index contributed by atoms with van der Waals surface area (Å²) >= 11 is 1.70. The SMILES string of the molecule is NC(=O)c1cnc(Cc2ccc(N3CCCCCC3=O)cn2)cc1NCc1cccc2ccsc12. The Bertz CT molecular complexity index is 1370. The van der Waals surface area contributed by atoms with Crippen molar-refractivity contribution in [2.75, 3.05) is 16.8 Å². The number of nitrogens with zero attached hydrogens (tertiary/aromatic N) is 3. The minimum absolute atomic E-state index is 0.162. The Kier molecular flexibility index (Phi) is 6.72. The van der Waals surface area contributed by atoms with Crippen LogP contribution in [-0.2, 0) is 17.8 Å². The van der Waals surface area contributed by atoms with Gasteiger partial charge in [0.1, 0.15) is 0 Å². The van der Waals surface area contributed by atoms with E-state index in [2.05, 4.69) is 38.9 Å². The summed E-state index contributed by atoms with van der Waals surface area (Å²) in [5.74, 6) is -0.361. The van der Waals surface area contributed by atoms with Crippen LogP contribution in [0.25, 0.3) is 10.1 Å². The first-order valence-corrected chi connectivity index (χ1v) is 12.7. The molecule has 4 heterocycles. The smallest absolute Gasteiger partial charge is 0.252 e. The van der Waals surface area contributed by atoms with Gasteiger partial charge in [0.05, 0.1) is 23.1 Å². The quantitative estimate of drug-likeness (QED) is 0.388. The Morgan fingerprint density at radius 1 is 1.06 bits per heavy atom. The zero-order valence-corrected chi connectivity index (χ0v) is 20.2. The summed E-state index contributed by atoms with van der Waals surface area (Å²) < 4.78 is 1.22. The number of nitrogens with two attached hydrogens (primary N) is 1. The zero-order chi connectivity index (χ0) is 24.2. The Morgan fingerprint density at radius 2 is 1.94 bits per heavy atom. The molecular weight excluding hydrogens is 458 g/mol. The van der Waals surface area contributed by atoms with E-state index in [-0.39, 0.29) is 5.91 Å². The summed E-state index contributed by atoms with van der Waals surface area (Å²) in [5.41, 5.74) is 10.2. The third kappa shape index (κ3) is 5.17. The number of benzene rings is 1. The summed E-state index contributed by atoms with van der Waals surface area (Å²) in [6.07, 6.45) is 7.43. The fraction of sp³-hybridized carbons (Fsp3) is 0.259. The molecule has 0 radical (unpaired) electrons. The van der Waals surface area contributed by atoms with Crippen molar-refractivity contribution >= 4 is 44.6 Å². The number of aromatic nitrogens is 2. The highest BCUT2D eigenvalue weighted by atomic mass is 32.1. The average Bonchev–Trinajstić information content (AvgIpc) is 3.25. The molecule has 0 saturated carbocycles. The van der Waals surface area contributed by atoms with E-state index in [9.17, 15) is 9.59 Å². The number of hydrogen-bond acceptors (Lipinski definition) is 6. The summed E-state index contributed by atoms with van der Waals surface area (Å²) in [7, 11) is 0. The Morgan fingerprint density at radius 3 is 2.77 bits per heavy atom. The lowest BCUT2D eigenvalue weighted by molar-refractivity contribution is -0.118. The molecular formula is C27H27N5O2S. The Balaban J connectivity index is 1.33. The van der Waals surface area contributed by atoms with Crippen LogP contribution in [0.3, 0.4) is 0 Å². The maximum Gasteiger partial charge on any atom is 0.252 e. The molecule has 8 heteroatoms. The van der Waals surface area contributed by atoms with Gasteiger partial charge >= 0.3 is 0 Å². The van der Waals surface area contributed by atoms with Gasteiger partial charge in [-0.1, -0.05) is 24.6 Å². The van der Waals surface area contributed by atoms with Crippen molar-refractivity contribution in [3.63, 3.8) is 0 Å². The first-order valence-electron chi connectivity index (χ1n) is 11.8. The monoisotopic (exact) mass is 485 g/mol. The number of amides is 2. The molecule has 2 amide bonds. The van der Waals surface area contributed by atoms with E-state index in [1.54, 1.807) is 17.5 Å². The van der Waals surface area contributed by atoms with Gasteiger partial charge in [-0.3, -0.25) is 19.6 Å². The average molecular weight is 486 g/mol. The summed E-state index contributed by atoms with van der Waals surface area (Å²) in [6, 6.07) is 14.1. The van der Waals surface area contributed by atoms with E-state index < -0.39 is 5.91 Å². The number of hydrogen-bond donors (Lipinski definition) is 2. The number of primary amides is 1. The maximum atomic E-state index is 12.4. The van der Waals surface area contributed by atoms with Gasteiger partial charge in [0.2, 0.25) is 5.91 Å². The predicted octanol–water partition coefficient (Wildman–Crippen LogP) is 4.90. The van der Waals surface area contributed by atoms with Crippen molar-refractivity contribution < 1.29 is 9.59 Å². The highest BCUT2D eigenvalue weighted by Crippen LogP contribution is 2.26. The molecule has 0 bridgehead atoms. The van der Waals surface area contributed by atoms with Gasteiger partial charge in [0.25, 0.3) is 5.91 Å². The molecule has 5 rings (SSSR count). The van der Waals surface area contributed by atoms with E-state index in [0.29, 0.717) is 30.6 Å². The Hall–Kier alpha value is -3.78. The van der Waals surface area contributed by atoms with Crippen LogP contribution < -0.4 is 16.0 Å². The maximum absolute atomic E-state index is 12.4. The molecule has 0 aliphatic carbocycles. The fourth-order valence-electron chi connectivity index (χ4n) is 4.44. The van der Waals surface area contributed by atoms with Crippen LogP contribution in [0.5, 0.6) is 0 Å². The van der Waals surface area contributed by atoms with Gasteiger partial charge in [-0.25, -0.2) is 0 Å². The van der Waals surface area contributed by atoms with Crippen molar-refractivity contribution in [2.45, 2.75) is 38.6 Å². The van der Waals surface area contributed by atoms with Crippen LogP contribution in [0.4, 0.5) is 11.4 Å². The standard InChI is InChI=1S/C27H27N5O2S/c28-27(34)23-17-30-21(14-24(23)31-15-19-6-4-5-18-10-12-35-26(18)19)13-20-8-9-22(16-29-20)32-11-3-1-2-7-25(32)33/h4-6,8-10,12,14,16-17H,1-3,7,11,13,15H2,(H2,28,34)(H,30,31). The molecule has 3 N–H and O–H groups in total. The second kappa shape index (κ2) is 10.2. The normalized spacial score (nSPS) is 14.2. The van der Waals surface area contributed by atoms with E-state index in [0.717, 1.165) is 48.4 Å². The third-order valence-electron chi connectivity index (χ3n) is 6.31. The van der Waals surface area contributed by atoms with Crippen LogP contribution in [0.15, 0.2) is 60.2 Å². The number of rotatable bonds is 7. The molecule has 1 aliphatic rings. The summed E-state index contributed by atoms with van der Waals surface area (Å²) in [5, 5.41) is 6.67. The van der Waals surface area contributed by atoms with Gasteiger partial charge in [-0.15, -0.1) is 11.3 Å². The molecule has 1 fully saturated rings. The number of thiophene rings is 1. The van der Waals surface area contributed by atoms with Crippen LogP contribution >= 0.6 is 11.3 Å². The van der Waals surface area contributed by atoms with E-state index >= 15 is 0 Å². The minimum atomic E-state index is -0.523. The third-order valence-corrected chi connectivity index (χ3v) is 7.32. The number of carbonyl (C=O) groups excluding carboxylic acids is 2. The first-order chi connectivity index (χ1) is 17.1. The van der Waals surface area contributed by atoms with Gasteiger partial charge in [-0.05, 0) is 53.4 Å². The molecule has 4 aromatic rings. The largest absolute Gasteiger partial charge is 0.380 e. The van der Waals surface area contributed by atoms with Crippen molar-refractivity contribution in [1.82, 2.24) is 9.97 Å². The number of nitrogens with one attached hydrogen (secondary N) is 1. The Labute approximate surface area is 208 Å². The first kappa shape index (κ1) is 23.0. The van der Waals surface area contributed by atoms with Gasteiger partial charge < -0.3 is 16.0 Å². The molecule has 1 aliphatic heterocycles. The number of fused-ring (bicyclic) bond motifs is 1. The van der Waals surface area contributed by atoms with Crippen LogP contribution in [-0.4, -0.2) is 28.3 Å². The van der Waals surface area contributed by atoms with Crippen molar-refractivity contribution in [3.8, 4) is 0 Å². The van der Waals surface area contributed by atoms with Gasteiger partial charge in [0, 0.05) is 48.2 Å². The van der Waals surface area contributed by atoms with E-state index in [1.807, 2.05) is 29.2 Å². The second-order valence-corrected chi connectivity index (χ2v) is 9.65. The van der Waals surface area contributed by atoms with Crippen molar-refractivity contribution in [1.29, 1.82) is 0 Å². The fourth-order valence-corrected chi connectivity index (χ4v) is 5.36. The van der Waals surface area contributed by atoms with Crippen LogP contribution in [0.2, 0.25) is 0 Å². The van der Waals surface area contributed by atoms with Crippen molar-refractivity contribution in [3.05, 3.63) is 82.8 Å². The zero-order valence-electron chi connectivity index (χ0n) is 19.4. The lowest BCUT2D eigenvalue weighted by Gasteiger charge is -2.20. The highest BCUT2D eigenvalue weighted by molar-refractivity contribution is 7.17. The second-order valence-electron chi connectivity index (χ2n) is 8.74. The molecule has 3 aromatic heterocycles. The minimum Gasteiger partial charge on any atom is -0.380 e. The molecule has 0 spiro atoms. The molecule has 178 valence electrons. The van der Waals surface area contributed by atoms with Gasteiger partial charge in [0.15, 0.2) is 0 Å². The van der Waals surface area contributed by atoms with Crippen LogP contribution in [0.1, 0.15) is 53.0 Å². The molecule has 1 saturated heterocycles. The predicted molar refractivity (Wildman–Crippen MR) is 140 cm³/mol. The summed E-state index contributed by atoms with van der Waals surface area (Å²) in [6.45, 7) is 1.31. The highest BCUT2D eigenvalue weighted by Gasteiger charge is 2.18. The number of anilines is 2. The number of pyridine rings is 2. The lowest BCUT2D eigenvalue weighted by atomic mass is 10.1. The molecule has 0 atom stereocenters. The molecule has 1 aromatic carbocycles. The number of carbonyl (C=O) groups is 2. The molecule has 7 nitrogen and oxygen atoms in total.